The fourth-order valence-electron chi connectivity index (χ4n) is 3.16. The van der Waals surface area contributed by atoms with E-state index in [-0.39, 0.29) is 10.8 Å². The maximum absolute atomic E-state index is 12.7. The number of ether oxygens (including phenoxy) is 1. The average Bonchev–Trinajstić information content (AvgIpc) is 3.29. The summed E-state index contributed by atoms with van der Waals surface area (Å²) in [7, 11) is -3.57. The van der Waals surface area contributed by atoms with E-state index in [1.54, 1.807) is 23.7 Å². The smallest absolute Gasteiger partial charge is 0.251 e. The molecule has 162 valence electrons. The minimum absolute atomic E-state index is 0.177. The van der Waals surface area contributed by atoms with Crippen molar-refractivity contribution in [1.29, 1.82) is 0 Å². The monoisotopic (exact) mass is 458 g/mol. The van der Waals surface area contributed by atoms with E-state index in [0.717, 1.165) is 16.3 Å². The van der Waals surface area contributed by atoms with Crippen molar-refractivity contribution in [2.24, 2.45) is 0 Å². The van der Waals surface area contributed by atoms with Crippen LogP contribution >= 0.6 is 11.3 Å². The van der Waals surface area contributed by atoms with E-state index in [4.69, 9.17) is 4.74 Å². The molecule has 0 bridgehead atoms. The normalized spacial score (nSPS) is 15.0. The maximum Gasteiger partial charge on any atom is 0.251 e. The summed E-state index contributed by atoms with van der Waals surface area (Å²) in [6, 6.07) is 9.84. The lowest BCUT2D eigenvalue weighted by Crippen LogP contribution is -2.40. The van der Waals surface area contributed by atoms with Gasteiger partial charge < -0.3 is 10.1 Å². The molecule has 31 heavy (non-hydrogen) atoms. The van der Waals surface area contributed by atoms with Gasteiger partial charge in [0.15, 0.2) is 0 Å². The highest BCUT2D eigenvalue weighted by atomic mass is 32.2. The molecule has 10 heteroatoms. The zero-order valence-corrected chi connectivity index (χ0v) is 18.4. The molecule has 0 unspecified atom stereocenters. The second kappa shape index (κ2) is 9.65. The van der Waals surface area contributed by atoms with Crippen molar-refractivity contribution in [3.05, 3.63) is 65.4 Å². The molecular formula is C21H22N4O4S2. The second-order valence-corrected chi connectivity index (χ2v) is 9.73. The minimum Gasteiger partial charge on any atom is -0.379 e. The number of amides is 1. The Kier molecular flexibility index (Phi) is 6.71. The van der Waals surface area contributed by atoms with Crippen LogP contribution in [0.4, 0.5) is 0 Å². The van der Waals surface area contributed by atoms with Gasteiger partial charge in [-0.25, -0.2) is 13.4 Å². The van der Waals surface area contributed by atoms with Gasteiger partial charge in [0.2, 0.25) is 10.0 Å². The lowest BCUT2D eigenvalue weighted by Gasteiger charge is -2.26. The van der Waals surface area contributed by atoms with Gasteiger partial charge in [0.05, 0.1) is 23.8 Å². The molecule has 3 aromatic rings. The molecule has 1 aromatic carbocycles. The van der Waals surface area contributed by atoms with Crippen molar-refractivity contribution in [1.82, 2.24) is 19.6 Å². The van der Waals surface area contributed by atoms with Crippen LogP contribution in [0.15, 0.2) is 59.1 Å². The Morgan fingerprint density at radius 2 is 1.94 bits per heavy atom. The lowest BCUT2D eigenvalue weighted by atomic mass is 10.2. The molecule has 0 saturated carbocycles. The number of sulfonamides is 1. The predicted molar refractivity (Wildman–Crippen MR) is 117 cm³/mol. The zero-order valence-electron chi connectivity index (χ0n) is 16.7. The highest BCUT2D eigenvalue weighted by Gasteiger charge is 2.26. The third-order valence-electron chi connectivity index (χ3n) is 4.85. The summed E-state index contributed by atoms with van der Waals surface area (Å²) in [5.41, 5.74) is 2.28. The standard InChI is InChI=1S/C21H22N4O4S2/c26-20(23-9-7-18-15-30-21(24-18)17-2-1-8-22-14-17)16-3-5-19(6-4-16)31(27,28)25-10-12-29-13-11-25/h1-6,8,14-15H,7,9-13H2,(H,23,26). The molecule has 1 saturated heterocycles. The van der Waals surface area contributed by atoms with Crippen LogP contribution < -0.4 is 5.32 Å². The number of thiazole rings is 1. The number of carbonyl (C=O) groups excluding carboxylic acids is 1. The van der Waals surface area contributed by atoms with Gasteiger partial charge in [0.1, 0.15) is 5.01 Å². The summed E-state index contributed by atoms with van der Waals surface area (Å²) in [5, 5.41) is 5.72. The molecule has 4 rings (SSSR count). The number of nitrogens with zero attached hydrogens (tertiary/aromatic N) is 3. The number of morpholine rings is 1. The van der Waals surface area contributed by atoms with Gasteiger partial charge in [-0.05, 0) is 36.4 Å². The topological polar surface area (TPSA) is 101 Å². The van der Waals surface area contributed by atoms with Gasteiger partial charge in [0.25, 0.3) is 5.91 Å². The molecule has 1 N–H and O–H groups in total. The van der Waals surface area contributed by atoms with Gasteiger partial charge in [-0.15, -0.1) is 11.3 Å². The Bertz CT molecular complexity index is 1130. The van der Waals surface area contributed by atoms with Crippen LogP contribution in [0.3, 0.4) is 0 Å². The van der Waals surface area contributed by atoms with Gasteiger partial charge in [-0.2, -0.15) is 4.31 Å². The highest BCUT2D eigenvalue weighted by molar-refractivity contribution is 7.89. The molecule has 1 amide bonds. The zero-order chi connectivity index (χ0) is 21.7. The van der Waals surface area contributed by atoms with E-state index >= 15 is 0 Å². The van der Waals surface area contributed by atoms with E-state index in [9.17, 15) is 13.2 Å². The molecular weight excluding hydrogens is 436 g/mol. The van der Waals surface area contributed by atoms with E-state index in [1.807, 2.05) is 17.5 Å². The number of pyridine rings is 1. The van der Waals surface area contributed by atoms with Crippen molar-refractivity contribution in [2.45, 2.75) is 11.3 Å². The summed E-state index contributed by atoms with van der Waals surface area (Å²) in [6.07, 6.45) is 4.09. The number of benzene rings is 1. The van der Waals surface area contributed by atoms with E-state index in [0.29, 0.717) is 44.8 Å². The van der Waals surface area contributed by atoms with Gasteiger partial charge in [0, 0.05) is 55.0 Å². The average molecular weight is 459 g/mol. The van der Waals surface area contributed by atoms with Crippen molar-refractivity contribution >= 4 is 27.3 Å². The molecule has 0 aliphatic carbocycles. The molecule has 3 heterocycles. The lowest BCUT2D eigenvalue weighted by molar-refractivity contribution is 0.0730. The minimum atomic E-state index is -3.57. The fraction of sp³-hybridized carbons (Fsp3) is 0.286. The third-order valence-corrected chi connectivity index (χ3v) is 7.70. The fourth-order valence-corrected chi connectivity index (χ4v) is 5.42. The van der Waals surface area contributed by atoms with Crippen LogP contribution in [0.25, 0.3) is 10.6 Å². The van der Waals surface area contributed by atoms with E-state index < -0.39 is 10.0 Å². The van der Waals surface area contributed by atoms with Crippen molar-refractivity contribution < 1.29 is 17.9 Å². The summed E-state index contributed by atoms with van der Waals surface area (Å²) >= 11 is 1.54. The molecule has 0 atom stereocenters. The molecule has 0 spiro atoms. The molecule has 2 aromatic heterocycles. The van der Waals surface area contributed by atoms with Crippen LogP contribution in [0.2, 0.25) is 0 Å². The first-order valence-electron chi connectivity index (χ1n) is 9.85. The highest BCUT2D eigenvalue weighted by Crippen LogP contribution is 2.22. The Balaban J connectivity index is 1.31. The summed E-state index contributed by atoms with van der Waals surface area (Å²) in [4.78, 5) is 21.3. The first-order chi connectivity index (χ1) is 15.0. The maximum atomic E-state index is 12.7. The molecule has 1 aliphatic rings. The Labute approximate surface area is 185 Å². The Hall–Kier alpha value is -2.66. The quantitative estimate of drug-likeness (QED) is 0.582. The Morgan fingerprint density at radius 3 is 2.65 bits per heavy atom. The number of hydrogen-bond acceptors (Lipinski definition) is 7. The van der Waals surface area contributed by atoms with Crippen molar-refractivity contribution in [2.75, 3.05) is 32.8 Å². The summed E-state index contributed by atoms with van der Waals surface area (Å²) in [5.74, 6) is -0.252. The number of carbonyl (C=O) groups is 1. The largest absolute Gasteiger partial charge is 0.379 e. The number of aromatic nitrogens is 2. The van der Waals surface area contributed by atoms with E-state index in [2.05, 4.69) is 15.3 Å². The van der Waals surface area contributed by atoms with Crippen LogP contribution in [0, 0.1) is 0 Å². The first kappa shape index (κ1) is 21.6. The number of hydrogen-bond donors (Lipinski definition) is 1. The SMILES string of the molecule is O=C(NCCc1csc(-c2cccnc2)n1)c1ccc(S(=O)(=O)N2CCOCC2)cc1. The van der Waals surface area contributed by atoms with E-state index in [1.165, 1.54) is 28.6 Å². The van der Waals surface area contributed by atoms with Crippen LogP contribution in [-0.2, 0) is 21.2 Å². The number of rotatable bonds is 7. The van der Waals surface area contributed by atoms with Crippen molar-refractivity contribution in [3.63, 3.8) is 0 Å². The first-order valence-corrected chi connectivity index (χ1v) is 12.2. The van der Waals surface area contributed by atoms with Crippen molar-refractivity contribution in [3.8, 4) is 10.6 Å². The van der Waals surface area contributed by atoms with Gasteiger partial charge >= 0.3 is 0 Å². The second-order valence-electron chi connectivity index (χ2n) is 6.93. The molecule has 8 nitrogen and oxygen atoms in total. The van der Waals surface area contributed by atoms with Crippen LogP contribution in [0.1, 0.15) is 16.1 Å². The molecule has 1 aliphatic heterocycles. The molecule has 1 fully saturated rings. The third kappa shape index (κ3) is 5.16. The molecule has 0 radical (unpaired) electrons. The van der Waals surface area contributed by atoms with Gasteiger partial charge in [-0.3, -0.25) is 9.78 Å². The summed E-state index contributed by atoms with van der Waals surface area (Å²) < 4.78 is 31.9. The predicted octanol–water partition coefficient (Wildman–Crippen LogP) is 2.20. The van der Waals surface area contributed by atoms with Crippen LogP contribution in [0.5, 0.6) is 0 Å². The summed E-state index contributed by atoms with van der Waals surface area (Å²) in [6.45, 7) is 1.89. The van der Waals surface area contributed by atoms with Gasteiger partial charge in [-0.1, -0.05) is 0 Å². The Morgan fingerprint density at radius 1 is 1.16 bits per heavy atom. The number of nitrogens with one attached hydrogen (secondary N) is 1. The van der Waals surface area contributed by atoms with Crippen LogP contribution in [-0.4, -0.2) is 61.4 Å².